The number of hydrogen-bond donors (Lipinski definition) is 1. The molecule has 0 saturated heterocycles. The van der Waals surface area contributed by atoms with Crippen molar-refractivity contribution in [2.45, 2.75) is 38.7 Å². The van der Waals surface area contributed by atoms with Crippen molar-refractivity contribution in [3.63, 3.8) is 0 Å². The Morgan fingerprint density at radius 3 is 2.60 bits per heavy atom. The van der Waals surface area contributed by atoms with Crippen molar-refractivity contribution in [3.8, 4) is 0 Å². The Labute approximate surface area is 121 Å². The zero-order valence-electron chi connectivity index (χ0n) is 12.2. The number of aliphatic hydroxyl groups excluding tert-OH is 1. The van der Waals surface area contributed by atoms with Gasteiger partial charge in [0.1, 0.15) is 0 Å². The van der Waals surface area contributed by atoms with Crippen molar-refractivity contribution < 1.29 is 9.84 Å². The Morgan fingerprint density at radius 2 is 1.80 bits per heavy atom. The summed E-state index contributed by atoms with van der Waals surface area (Å²) in [5, 5.41) is 11.7. The van der Waals surface area contributed by atoms with Crippen molar-refractivity contribution in [3.05, 3.63) is 48.0 Å². The summed E-state index contributed by atoms with van der Waals surface area (Å²) in [6, 6.07) is 15.2. The first-order chi connectivity index (χ1) is 9.75. The van der Waals surface area contributed by atoms with Crippen LogP contribution in [0.1, 0.15) is 31.7 Å². The van der Waals surface area contributed by atoms with Gasteiger partial charge < -0.3 is 9.84 Å². The van der Waals surface area contributed by atoms with Gasteiger partial charge in [0.25, 0.3) is 0 Å². The first-order valence-electron chi connectivity index (χ1n) is 7.49. The average Bonchev–Trinajstić information content (AvgIpc) is 2.46. The number of rotatable bonds is 8. The Morgan fingerprint density at radius 1 is 1.00 bits per heavy atom. The molecule has 1 N–H and O–H groups in total. The molecular weight excluding hydrogens is 248 g/mol. The maximum atomic E-state index is 9.07. The van der Waals surface area contributed by atoms with E-state index < -0.39 is 0 Å². The standard InChI is InChI=1S/C18H24O2/c1-15(19)14-20-12-6-2-3-7-16-10-11-17-8-4-5-9-18(17)13-16/h4-5,8-11,13,15,19H,2-3,6-7,12,14H2,1H3/t15-/m0/s1. The quantitative estimate of drug-likeness (QED) is 0.737. The first-order valence-corrected chi connectivity index (χ1v) is 7.49. The number of aliphatic hydroxyl groups is 1. The molecule has 0 fully saturated rings. The Bertz CT molecular complexity index is 520. The largest absolute Gasteiger partial charge is 0.391 e. The normalized spacial score (nSPS) is 12.7. The SMILES string of the molecule is C[C@H](O)COCCCCCc1ccc2ccccc2c1. The highest BCUT2D eigenvalue weighted by Crippen LogP contribution is 2.17. The van der Waals surface area contributed by atoms with Crippen LogP contribution in [-0.2, 0) is 11.2 Å². The zero-order chi connectivity index (χ0) is 14.2. The summed E-state index contributed by atoms with van der Waals surface area (Å²) in [5.74, 6) is 0. The van der Waals surface area contributed by atoms with Gasteiger partial charge in [-0.1, -0.05) is 48.9 Å². The molecule has 0 aromatic heterocycles. The molecule has 2 rings (SSSR count). The molecular formula is C18H24O2. The van der Waals surface area contributed by atoms with Gasteiger partial charge in [0.05, 0.1) is 12.7 Å². The average molecular weight is 272 g/mol. The topological polar surface area (TPSA) is 29.5 Å². The van der Waals surface area contributed by atoms with Crippen LogP contribution in [0.25, 0.3) is 10.8 Å². The highest BCUT2D eigenvalue weighted by Gasteiger charge is 1.98. The van der Waals surface area contributed by atoms with Gasteiger partial charge in [0.15, 0.2) is 0 Å². The van der Waals surface area contributed by atoms with Crippen molar-refractivity contribution >= 4 is 10.8 Å². The van der Waals surface area contributed by atoms with Gasteiger partial charge in [-0.25, -0.2) is 0 Å². The van der Waals surface area contributed by atoms with Gasteiger partial charge in [-0.3, -0.25) is 0 Å². The molecule has 0 heterocycles. The lowest BCUT2D eigenvalue weighted by molar-refractivity contribution is 0.0445. The maximum absolute atomic E-state index is 9.07. The molecule has 0 aliphatic carbocycles. The monoisotopic (exact) mass is 272 g/mol. The van der Waals surface area contributed by atoms with Crippen molar-refractivity contribution in [1.29, 1.82) is 0 Å². The van der Waals surface area contributed by atoms with E-state index in [-0.39, 0.29) is 6.10 Å². The highest BCUT2D eigenvalue weighted by atomic mass is 16.5. The van der Waals surface area contributed by atoms with E-state index in [4.69, 9.17) is 9.84 Å². The Balaban J connectivity index is 1.68. The van der Waals surface area contributed by atoms with Gasteiger partial charge in [-0.15, -0.1) is 0 Å². The summed E-state index contributed by atoms with van der Waals surface area (Å²) >= 11 is 0. The molecule has 20 heavy (non-hydrogen) atoms. The molecule has 0 unspecified atom stereocenters. The van der Waals surface area contributed by atoms with Crippen LogP contribution < -0.4 is 0 Å². The fourth-order valence-electron chi connectivity index (χ4n) is 2.36. The second kappa shape index (κ2) is 8.03. The van der Waals surface area contributed by atoms with Crippen LogP contribution >= 0.6 is 0 Å². The molecule has 2 aromatic rings. The summed E-state index contributed by atoms with van der Waals surface area (Å²) in [5.41, 5.74) is 1.41. The molecule has 0 radical (unpaired) electrons. The van der Waals surface area contributed by atoms with Crippen LogP contribution in [0.2, 0.25) is 0 Å². The number of ether oxygens (including phenoxy) is 1. The summed E-state index contributed by atoms with van der Waals surface area (Å²) in [7, 11) is 0. The molecule has 0 bridgehead atoms. The second-order valence-electron chi connectivity index (χ2n) is 5.42. The van der Waals surface area contributed by atoms with E-state index >= 15 is 0 Å². The lowest BCUT2D eigenvalue weighted by Gasteiger charge is -2.06. The van der Waals surface area contributed by atoms with E-state index in [0.717, 1.165) is 19.4 Å². The van der Waals surface area contributed by atoms with Crippen LogP contribution in [0.15, 0.2) is 42.5 Å². The van der Waals surface area contributed by atoms with E-state index in [2.05, 4.69) is 42.5 Å². The summed E-state index contributed by atoms with van der Waals surface area (Å²) in [4.78, 5) is 0. The predicted molar refractivity (Wildman–Crippen MR) is 84.0 cm³/mol. The molecule has 2 nitrogen and oxygen atoms in total. The molecule has 108 valence electrons. The van der Waals surface area contributed by atoms with Crippen molar-refractivity contribution in [1.82, 2.24) is 0 Å². The van der Waals surface area contributed by atoms with Crippen LogP contribution in [-0.4, -0.2) is 24.4 Å². The lowest BCUT2D eigenvalue weighted by Crippen LogP contribution is -2.10. The number of fused-ring (bicyclic) bond motifs is 1. The highest BCUT2D eigenvalue weighted by molar-refractivity contribution is 5.82. The summed E-state index contributed by atoms with van der Waals surface area (Å²) in [6.45, 7) is 2.95. The lowest BCUT2D eigenvalue weighted by atomic mass is 10.0. The minimum absolute atomic E-state index is 0.354. The summed E-state index contributed by atoms with van der Waals surface area (Å²) < 4.78 is 5.36. The van der Waals surface area contributed by atoms with Crippen molar-refractivity contribution in [2.75, 3.05) is 13.2 Å². The number of hydrogen-bond acceptors (Lipinski definition) is 2. The molecule has 0 spiro atoms. The first kappa shape index (κ1) is 15.0. The fraction of sp³-hybridized carbons (Fsp3) is 0.444. The number of aryl methyl sites for hydroxylation is 1. The smallest absolute Gasteiger partial charge is 0.0745 e. The van der Waals surface area contributed by atoms with Gasteiger partial charge in [0, 0.05) is 6.61 Å². The molecule has 2 heteroatoms. The molecule has 0 aliphatic heterocycles. The van der Waals surface area contributed by atoms with Crippen LogP contribution in [0.3, 0.4) is 0 Å². The van der Waals surface area contributed by atoms with E-state index in [0.29, 0.717) is 6.61 Å². The van der Waals surface area contributed by atoms with Gasteiger partial charge >= 0.3 is 0 Å². The minimum Gasteiger partial charge on any atom is -0.391 e. The molecule has 0 saturated carbocycles. The fourth-order valence-corrected chi connectivity index (χ4v) is 2.36. The van der Waals surface area contributed by atoms with Crippen molar-refractivity contribution in [2.24, 2.45) is 0 Å². The van der Waals surface area contributed by atoms with Gasteiger partial charge in [-0.05, 0) is 42.5 Å². The van der Waals surface area contributed by atoms with E-state index in [1.165, 1.54) is 29.2 Å². The molecule has 0 amide bonds. The van der Waals surface area contributed by atoms with Gasteiger partial charge in [0.2, 0.25) is 0 Å². The Kier molecular flexibility index (Phi) is 6.03. The third-order valence-electron chi connectivity index (χ3n) is 3.43. The van der Waals surface area contributed by atoms with Crippen LogP contribution in [0.5, 0.6) is 0 Å². The van der Waals surface area contributed by atoms with E-state index in [1.807, 2.05) is 0 Å². The predicted octanol–water partition coefficient (Wildman–Crippen LogP) is 3.95. The second-order valence-corrected chi connectivity index (χ2v) is 5.42. The number of benzene rings is 2. The van der Waals surface area contributed by atoms with Crippen LogP contribution in [0, 0.1) is 0 Å². The zero-order valence-corrected chi connectivity index (χ0v) is 12.2. The molecule has 2 aromatic carbocycles. The third kappa shape index (κ3) is 4.95. The molecule has 1 atom stereocenters. The Hall–Kier alpha value is -1.38. The summed E-state index contributed by atoms with van der Waals surface area (Å²) in [6.07, 6.45) is 4.21. The molecule has 0 aliphatic rings. The van der Waals surface area contributed by atoms with E-state index in [9.17, 15) is 0 Å². The minimum atomic E-state index is -0.354. The van der Waals surface area contributed by atoms with Gasteiger partial charge in [-0.2, -0.15) is 0 Å². The number of unbranched alkanes of at least 4 members (excludes halogenated alkanes) is 2. The van der Waals surface area contributed by atoms with Crippen LogP contribution in [0.4, 0.5) is 0 Å². The third-order valence-corrected chi connectivity index (χ3v) is 3.43. The van der Waals surface area contributed by atoms with E-state index in [1.54, 1.807) is 6.92 Å². The maximum Gasteiger partial charge on any atom is 0.0745 e.